The molecule has 1 unspecified atom stereocenters. The van der Waals surface area contributed by atoms with Crippen LogP contribution in [0.5, 0.6) is 0 Å². The summed E-state index contributed by atoms with van der Waals surface area (Å²) in [7, 11) is 5.23. The number of rotatable bonds is 21. The monoisotopic (exact) mass is 413 g/mol. The van der Waals surface area contributed by atoms with Crippen molar-refractivity contribution in [2.45, 2.75) is 136 Å². The highest BCUT2D eigenvalue weighted by atomic mass is 28.2. The number of nitrogens with zero attached hydrogens (tertiary/aromatic N) is 1. The summed E-state index contributed by atoms with van der Waals surface area (Å²) >= 11 is 0. The second-order valence-corrected chi connectivity index (χ2v) is 10.4. The molecule has 3 heteroatoms. The van der Waals surface area contributed by atoms with E-state index in [9.17, 15) is 0 Å². The normalized spacial score (nSPS) is 13.5. The van der Waals surface area contributed by atoms with Crippen LogP contribution >= 0.6 is 0 Å². The molecule has 0 aliphatic heterocycles. The fourth-order valence-corrected chi connectivity index (χ4v) is 4.44. The fourth-order valence-electron chi connectivity index (χ4n) is 4.27. The third-order valence-corrected chi connectivity index (χ3v) is 7.37. The van der Waals surface area contributed by atoms with Crippen LogP contribution in [0.2, 0.25) is 0 Å². The van der Waals surface area contributed by atoms with Gasteiger partial charge in [0.1, 0.15) is 10.5 Å². The van der Waals surface area contributed by atoms with Crippen LogP contribution in [0.3, 0.4) is 0 Å². The predicted molar refractivity (Wildman–Crippen MR) is 131 cm³/mol. The van der Waals surface area contributed by atoms with Gasteiger partial charge in [-0.25, -0.2) is 0 Å². The molecule has 170 valence electrons. The number of hydrogen-bond acceptors (Lipinski definition) is 2. The van der Waals surface area contributed by atoms with Crippen LogP contribution in [0.25, 0.3) is 0 Å². The summed E-state index contributed by atoms with van der Waals surface area (Å²) in [6, 6.07) is 0. The quantitative estimate of drug-likeness (QED) is 0.150. The minimum absolute atomic E-state index is 0.0888. The van der Waals surface area contributed by atoms with E-state index in [0.29, 0.717) is 0 Å². The van der Waals surface area contributed by atoms with Crippen molar-refractivity contribution in [3.63, 3.8) is 0 Å². The lowest BCUT2D eigenvalue weighted by atomic mass is 9.86. The summed E-state index contributed by atoms with van der Waals surface area (Å²) < 4.78 is 5.84. The molecule has 0 spiro atoms. The molecule has 2 nitrogen and oxygen atoms in total. The van der Waals surface area contributed by atoms with Crippen molar-refractivity contribution in [2.75, 3.05) is 20.6 Å². The lowest BCUT2D eigenvalue weighted by Gasteiger charge is -2.29. The molecule has 1 atom stereocenters. The van der Waals surface area contributed by atoms with Crippen molar-refractivity contribution in [2.24, 2.45) is 5.92 Å². The van der Waals surface area contributed by atoms with E-state index in [0.717, 1.165) is 16.4 Å². The SMILES string of the molecule is CCCCCCCCCCCCCCCC(CCCN(C)C)CC(C)(C)O[SiH3]. The molecule has 28 heavy (non-hydrogen) atoms. The third kappa shape index (κ3) is 19.5. The second-order valence-electron chi connectivity index (χ2n) is 10.0. The highest BCUT2D eigenvalue weighted by molar-refractivity contribution is 5.98. The zero-order valence-electron chi connectivity index (χ0n) is 20.7. The Hall–Kier alpha value is 0.137. The smallest absolute Gasteiger partial charge is 0.146 e. The number of hydrogen-bond donors (Lipinski definition) is 0. The van der Waals surface area contributed by atoms with Crippen molar-refractivity contribution in [3.05, 3.63) is 0 Å². The molecular formula is C25H55NOSi. The van der Waals surface area contributed by atoms with Gasteiger partial charge in [-0.2, -0.15) is 0 Å². The molecule has 0 N–H and O–H groups in total. The summed E-state index contributed by atoms with van der Waals surface area (Å²) in [6.07, 6.45) is 24.1. The van der Waals surface area contributed by atoms with E-state index in [4.69, 9.17) is 4.43 Å². The van der Waals surface area contributed by atoms with Crippen molar-refractivity contribution < 1.29 is 4.43 Å². The number of unbranched alkanes of at least 4 members (excludes halogenated alkanes) is 12. The lowest BCUT2D eigenvalue weighted by Crippen LogP contribution is -2.27. The van der Waals surface area contributed by atoms with Gasteiger partial charge in [0, 0.05) is 5.60 Å². The Morgan fingerprint density at radius 1 is 0.714 bits per heavy atom. The van der Waals surface area contributed by atoms with Gasteiger partial charge >= 0.3 is 0 Å². The van der Waals surface area contributed by atoms with E-state index in [1.165, 1.54) is 116 Å². The molecule has 0 aromatic carbocycles. The van der Waals surface area contributed by atoms with Crippen LogP contribution in [-0.4, -0.2) is 41.6 Å². The van der Waals surface area contributed by atoms with Crippen LogP contribution in [0.1, 0.15) is 130 Å². The van der Waals surface area contributed by atoms with E-state index >= 15 is 0 Å². The molecule has 0 radical (unpaired) electrons. The summed E-state index contributed by atoms with van der Waals surface area (Å²) in [5.41, 5.74) is 0.0888. The largest absolute Gasteiger partial charge is 0.423 e. The van der Waals surface area contributed by atoms with Gasteiger partial charge in [-0.1, -0.05) is 96.8 Å². The Morgan fingerprint density at radius 2 is 1.14 bits per heavy atom. The maximum absolute atomic E-state index is 5.84. The average molecular weight is 414 g/mol. The molecule has 0 aliphatic carbocycles. The van der Waals surface area contributed by atoms with Gasteiger partial charge in [-0.15, -0.1) is 0 Å². The standard InChI is InChI=1S/C25H55NOSi/c1-6-7-8-9-10-11-12-13-14-15-16-17-18-20-24(21-19-22-26(4)5)23-25(2,3)27-28/h24H,6-23H2,1-5,28H3. The summed E-state index contributed by atoms with van der Waals surface area (Å²) in [5.74, 6) is 0.844. The Balaban J connectivity index is 3.69. The van der Waals surface area contributed by atoms with Crippen LogP contribution in [-0.2, 0) is 4.43 Å². The Morgan fingerprint density at radius 3 is 1.57 bits per heavy atom. The van der Waals surface area contributed by atoms with E-state index < -0.39 is 0 Å². The first kappa shape index (κ1) is 28.1. The molecule has 0 saturated carbocycles. The van der Waals surface area contributed by atoms with Crippen molar-refractivity contribution in [3.8, 4) is 0 Å². The van der Waals surface area contributed by atoms with Gasteiger partial charge in [-0.3, -0.25) is 0 Å². The van der Waals surface area contributed by atoms with E-state index in [1.807, 2.05) is 0 Å². The van der Waals surface area contributed by atoms with Gasteiger partial charge < -0.3 is 9.33 Å². The molecule has 0 rings (SSSR count). The van der Waals surface area contributed by atoms with Gasteiger partial charge in [0.2, 0.25) is 0 Å². The molecule has 0 aromatic heterocycles. The first-order chi connectivity index (χ1) is 13.4. The summed E-state index contributed by atoms with van der Waals surface area (Å²) in [4.78, 5) is 2.32. The molecule has 0 amide bonds. The van der Waals surface area contributed by atoms with Crippen molar-refractivity contribution in [1.82, 2.24) is 4.90 Å². The molecule has 0 saturated heterocycles. The van der Waals surface area contributed by atoms with Gasteiger partial charge in [0.25, 0.3) is 0 Å². The first-order valence-electron chi connectivity index (χ1n) is 12.6. The van der Waals surface area contributed by atoms with Crippen LogP contribution < -0.4 is 0 Å². The second kappa shape index (κ2) is 19.1. The van der Waals surface area contributed by atoms with Gasteiger partial charge in [0.05, 0.1) is 0 Å². The molecule has 0 aromatic rings. The Kier molecular flexibility index (Phi) is 19.2. The fraction of sp³-hybridized carbons (Fsp3) is 1.00. The van der Waals surface area contributed by atoms with Crippen molar-refractivity contribution >= 4 is 10.5 Å². The zero-order valence-corrected chi connectivity index (χ0v) is 22.7. The predicted octanol–water partition coefficient (Wildman–Crippen LogP) is 6.89. The topological polar surface area (TPSA) is 12.5 Å². The van der Waals surface area contributed by atoms with E-state index in [-0.39, 0.29) is 5.60 Å². The highest BCUT2D eigenvalue weighted by Crippen LogP contribution is 2.27. The van der Waals surface area contributed by atoms with E-state index in [2.05, 4.69) is 39.8 Å². The Bertz CT molecular complexity index is 320. The summed E-state index contributed by atoms with van der Waals surface area (Å²) in [6.45, 7) is 8.08. The van der Waals surface area contributed by atoms with Crippen LogP contribution in [0.15, 0.2) is 0 Å². The minimum Gasteiger partial charge on any atom is -0.423 e. The lowest BCUT2D eigenvalue weighted by molar-refractivity contribution is 0.0849. The molecular weight excluding hydrogens is 358 g/mol. The maximum Gasteiger partial charge on any atom is 0.146 e. The minimum atomic E-state index is 0.0888. The molecule has 0 heterocycles. The van der Waals surface area contributed by atoms with Crippen LogP contribution in [0, 0.1) is 5.92 Å². The zero-order chi connectivity index (χ0) is 21.1. The first-order valence-corrected chi connectivity index (χ1v) is 13.4. The van der Waals surface area contributed by atoms with Gasteiger partial charge in [-0.05, 0) is 59.7 Å². The molecule has 0 bridgehead atoms. The van der Waals surface area contributed by atoms with Gasteiger partial charge in [0.15, 0.2) is 0 Å². The molecule has 0 fully saturated rings. The molecule has 0 aliphatic rings. The van der Waals surface area contributed by atoms with Crippen molar-refractivity contribution in [1.29, 1.82) is 0 Å². The van der Waals surface area contributed by atoms with E-state index in [1.54, 1.807) is 0 Å². The van der Waals surface area contributed by atoms with Crippen LogP contribution in [0.4, 0.5) is 0 Å². The highest BCUT2D eigenvalue weighted by Gasteiger charge is 2.21. The maximum atomic E-state index is 5.84. The Labute approximate surface area is 182 Å². The summed E-state index contributed by atoms with van der Waals surface area (Å²) in [5, 5.41) is 0. The third-order valence-electron chi connectivity index (χ3n) is 6.27. The average Bonchev–Trinajstić information content (AvgIpc) is 2.64.